The molecule has 0 fully saturated rings. The summed E-state index contributed by atoms with van der Waals surface area (Å²) < 4.78 is 41.8. The van der Waals surface area contributed by atoms with Crippen LogP contribution in [0.5, 0.6) is 0 Å². The van der Waals surface area contributed by atoms with Crippen LogP contribution in [0.4, 0.5) is 18.3 Å². The minimum Gasteiger partial charge on any atom is -0.469 e. The zero-order valence-electron chi connectivity index (χ0n) is 10.7. The summed E-state index contributed by atoms with van der Waals surface area (Å²) in [5, 5.41) is 1.85. The van der Waals surface area contributed by atoms with Crippen LogP contribution in [-0.4, -0.2) is 37.3 Å². The lowest BCUT2D eigenvalue weighted by Crippen LogP contribution is -2.34. The first kappa shape index (κ1) is 15.7. The van der Waals surface area contributed by atoms with Crippen molar-refractivity contribution >= 4 is 22.4 Å². The third-order valence-electron chi connectivity index (χ3n) is 2.23. The molecule has 1 heterocycles. The number of carbonyl (C=O) groups excluding carboxylic acids is 1. The van der Waals surface area contributed by atoms with Gasteiger partial charge in [-0.25, -0.2) is 4.98 Å². The SMILES string of the molecule is CCCN(CC(F)(F)F)c1nc(CC(=O)OC)cs1. The van der Waals surface area contributed by atoms with E-state index in [0.717, 1.165) is 11.3 Å². The van der Waals surface area contributed by atoms with E-state index in [9.17, 15) is 18.0 Å². The number of alkyl halides is 3. The van der Waals surface area contributed by atoms with E-state index in [2.05, 4.69) is 9.72 Å². The molecule has 0 aliphatic heterocycles. The smallest absolute Gasteiger partial charge is 0.406 e. The highest BCUT2D eigenvalue weighted by Crippen LogP contribution is 2.25. The number of methoxy groups -OCH3 is 1. The number of rotatable bonds is 6. The number of thiazole rings is 1. The van der Waals surface area contributed by atoms with Gasteiger partial charge in [0.25, 0.3) is 0 Å². The molecule has 1 aromatic rings. The van der Waals surface area contributed by atoms with Crippen LogP contribution in [0, 0.1) is 0 Å². The lowest BCUT2D eigenvalue weighted by atomic mass is 10.3. The number of aromatic nitrogens is 1. The van der Waals surface area contributed by atoms with Crippen LogP contribution in [-0.2, 0) is 16.0 Å². The van der Waals surface area contributed by atoms with Gasteiger partial charge in [0.05, 0.1) is 19.2 Å². The second-order valence-corrected chi connectivity index (χ2v) is 4.75. The Labute approximate surface area is 113 Å². The first-order chi connectivity index (χ1) is 8.85. The standard InChI is InChI=1S/C11H15F3N2O2S/c1-3-4-16(7-11(12,13)14)10-15-8(6-19-10)5-9(17)18-2/h6H,3-5,7H2,1-2H3. The fraction of sp³-hybridized carbons (Fsp3) is 0.636. The lowest BCUT2D eigenvalue weighted by Gasteiger charge is -2.22. The van der Waals surface area contributed by atoms with Crippen molar-refractivity contribution in [2.75, 3.05) is 25.1 Å². The predicted octanol–water partition coefficient (Wildman–Crippen LogP) is 2.64. The first-order valence-electron chi connectivity index (χ1n) is 5.68. The highest BCUT2D eigenvalue weighted by atomic mass is 32.1. The first-order valence-corrected chi connectivity index (χ1v) is 6.56. The number of nitrogens with zero attached hydrogens (tertiary/aromatic N) is 2. The van der Waals surface area contributed by atoms with Crippen molar-refractivity contribution in [3.63, 3.8) is 0 Å². The van der Waals surface area contributed by atoms with E-state index >= 15 is 0 Å². The molecule has 0 amide bonds. The molecule has 0 bridgehead atoms. The van der Waals surface area contributed by atoms with Crippen molar-refractivity contribution in [3.05, 3.63) is 11.1 Å². The van der Waals surface area contributed by atoms with Gasteiger partial charge in [-0.2, -0.15) is 13.2 Å². The number of anilines is 1. The van der Waals surface area contributed by atoms with Gasteiger partial charge in [0.1, 0.15) is 6.54 Å². The van der Waals surface area contributed by atoms with E-state index in [-0.39, 0.29) is 18.1 Å². The summed E-state index contributed by atoms with van der Waals surface area (Å²) in [5.74, 6) is -0.463. The molecule has 0 saturated heterocycles. The molecule has 4 nitrogen and oxygen atoms in total. The molecular weight excluding hydrogens is 281 g/mol. The minimum absolute atomic E-state index is 0.0288. The Morgan fingerprint density at radius 2 is 2.21 bits per heavy atom. The van der Waals surface area contributed by atoms with Gasteiger partial charge in [0.15, 0.2) is 5.13 Å². The normalized spacial score (nSPS) is 11.4. The van der Waals surface area contributed by atoms with Gasteiger partial charge < -0.3 is 9.64 Å². The third-order valence-corrected chi connectivity index (χ3v) is 3.18. The molecule has 0 saturated carbocycles. The van der Waals surface area contributed by atoms with Crippen molar-refractivity contribution < 1.29 is 22.7 Å². The molecule has 1 aromatic heterocycles. The monoisotopic (exact) mass is 296 g/mol. The molecule has 8 heteroatoms. The maximum atomic E-state index is 12.4. The second-order valence-electron chi connectivity index (χ2n) is 3.91. The largest absolute Gasteiger partial charge is 0.469 e. The van der Waals surface area contributed by atoms with Gasteiger partial charge in [-0.3, -0.25) is 4.79 Å². The summed E-state index contributed by atoms with van der Waals surface area (Å²) in [4.78, 5) is 16.3. The van der Waals surface area contributed by atoms with Crippen LogP contribution < -0.4 is 4.90 Å². The molecule has 19 heavy (non-hydrogen) atoms. The van der Waals surface area contributed by atoms with Crippen molar-refractivity contribution in [1.29, 1.82) is 0 Å². The molecular formula is C11H15F3N2O2S. The number of carbonyl (C=O) groups is 1. The highest BCUT2D eigenvalue weighted by molar-refractivity contribution is 7.13. The van der Waals surface area contributed by atoms with Crippen molar-refractivity contribution in [3.8, 4) is 0 Å². The summed E-state index contributed by atoms with van der Waals surface area (Å²) >= 11 is 1.10. The third kappa shape index (κ3) is 5.46. The molecule has 108 valence electrons. The number of esters is 1. The minimum atomic E-state index is -4.27. The predicted molar refractivity (Wildman–Crippen MR) is 66.4 cm³/mol. The number of ether oxygens (including phenoxy) is 1. The topological polar surface area (TPSA) is 42.4 Å². The number of hydrogen-bond acceptors (Lipinski definition) is 5. The van der Waals surface area contributed by atoms with Gasteiger partial charge in [0.2, 0.25) is 0 Å². The summed E-state index contributed by atoms with van der Waals surface area (Å²) in [6.45, 7) is 1.03. The van der Waals surface area contributed by atoms with E-state index in [1.165, 1.54) is 12.0 Å². The lowest BCUT2D eigenvalue weighted by molar-refractivity contribution is -0.139. The van der Waals surface area contributed by atoms with E-state index in [1.807, 2.05) is 0 Å². The van der Waals surface area contributed by atoms with Gasteiger partial charge in [-0.1, -0.05) is 6.92 Å². The second kappa shape index (κ2) is 6.74. The van der Waals surface area contributed by atoms with Crippen LogP contribution in [0.1, 0.15) is 19.0 Å². The maximum absolute atomic E-state index is 12.4. The average Bonchev–Trinajstić information content (AvgIpc) is 2.75. The fourth-order valence-corrected chi connectivity index (χ4v) is 2.32. The molecule has 0 aromatic carbocycles. The Morgan fingerprint density at radius 1 is 1.53 bits per heavy atom. The molecule has 0 aliphatic carbocycles. The molecule has 0 spiro atoms. The number of halogens is 3. The van der Waals surface area contributed by atoms with Crippen molar-refractivity contribution in [2.45, 2.75) is 25.9 Å². The van der Waals surface area contributed by atoms with Crippen molar-refractivity contribution in [1.82, 2.24) is 4.98 Å². The molecule has 0 N–H and O–H groups in total. The van der Waals surface area contributed by atoms with Crippen LogP contribution >= 0.6 is 11.3 Å². The van der Waals surface area contributed by atoms with Crippen LogP contribution in [0.3, 0.4) is 0 Å². The Hall–Kier alpha value is -1.31. The molecule has 0 unspecified atom stereocenters. The molecule has 0 radical (unpaired) electrons. The van der Waals surface area contributed by atoms with Crippen LogP contribution in [0.25, 0.3) is 0 Å². The Bertz CT molecular complexity index is 420. The van der Waals surface area contributed by atoms with Crippen molar-refractivity contribution in [2.24, 2.45) is 0 Å². The van der Waals surface area contributed by atoms with Crippen LogP contribution in [0.2, 0.25) is 0 Å². The van der Waals surface area contributed by atoms with Gasteiger partial charge in [-0.15, -0.1) is 11.3 Å². The molecule has 1 rings (SSSR count). The van der Waals surface area contributed by atoms with E-state index in [0.29, 0.717) is 12.1 Å². The zero-order valence-corrected chi connectivity index (χ0v) is 11.5. The molecule has 0 atom stereocenters. The highest BCUT2D eigenvalue weighted by Gasteiger charge is 2.31. The Kier molecular flexibility index (Phi) is 5.59. The van der Waals surface area contributed by atoms with Gasteiger partial charge in [-0.05, 0) is 6.42 Å². The van der Waals surface area contributed by atoms with E-state index in [4.69, 9.17) is 0 Å². The Morgan fingerprint density at radius 3 is 2.74 bits per heavy atom. The van der Waals surface area contributed by atoms with E-state index in [1.54, 1.807) is 12.3 Å². The van der Waals surface area contributed by atoms with Crippen LogP contribution in [0.15, 0.2) is 5.38 Å². The summed E-state index contributed by atoms with van der Waals surface area (Å²) in [5.41, 5.74) is 0.426. The van der Waals surface area contributed by atoms with Gasteiger partial charge >= 0.3 is 12.1 Å². The van der Waals surface area contributed by atoms with E-state index < -0.39 is 18.7 Å². The zero-order chi connectivity index (χ0) is 14.5. The number of hydrogen-bond donors (Lipinski definition) is 0. The Balaban J connectivity index is 2.77. The average molecular weight is 296 g/mol. The quantitative estimate of drug-likeness (QED) is 0.757. The summed E-state index contributed by atoms with van der Waals surface area (Å²) in [6, 6.07) is 0. The molecule has 0 aliphatic rings. The maximum Gasteiger partial charge on any atom is 0.406 e. The summed E-state index contributed by atoms with van der Waals surface area (Å²) in [6.07, 6.45) is -3.72. The van der Waals surface area contributed by atoms with Gasteiger partial charge in [0, 0.05) is 11.9 Å². The summed E-state index contributed by atoms with van der Waals surface area (Å²) in [7, 11) is 1.25. The fourth-order valence-electron chi connectivity index (χ4n) is 1.47.